The first-order chi connectivity index (χ1) is 21.7. The number of fused-ring (bicyclic) bond motifs is 5. The van der Waals surface area contributed by atoms with E-state index in [-0.39, 0.29) is 6.04 Å². The molecule has 1 atom stereocenters. The van der Waals surface area contributed by atoms with Crippen molar-refractivity contribution in [2.45, 2.75) is 19.9 Å². The van der Waals surface area contributed by atoms with Gasteiger partial charge >= 0.3 is 0 Å². The topological polar surface area (TPSA) is 14.1 Å². The molecule has 0 spiro atoms. The van der Waals surface area contributed by atoms with Crippen LogP contribution in [0, 0.1) is 6.92 Å². The summed E-state index contributed by atoms with van der Waals surface area (Å²) in [6.07, 6.45) is 6.34. The van der Waals surface area contributed by atoms with Gasteiger partial charge in [0, 0.05) is 0 Å². The molecule has 1 aliphatic heterocycles. The predicted octanol–water partition coefficient (Wildman–Crippen LogP) is 12.1. The molecule has 0 radical (unpaired) electrons. The molecule has 0 fully saturated rings. The number of nitrogens with zero attached hydrogens (tertiary/aromatic N) is 1. The second-order valence-electron chi connectivity index (χ2n) is 12.1. The summed E-state index contributed by atoms with van der Waals surface area (Å²) < 4.78 is 0. The van der Waals surface area contributed by atoms with Crippen molar-refractivity contribution >= 4 is 38.0 Å². The normalized spacial score (nSPS) is 15.0. The minimum Gasteiger partial charge on any atom is -0.678 e. The molecule has 208 valence electrons. The molecule has 7 aromatic rings. The Morgan fingerprint density at radius 2 is 1.07 bits per heavy atom. The molecule has 0 saturated carbocycles. The van der Waals surface area contributed by atoms with Gasteiger partial charge in [0.15, 0.2) is 0 Å². The van der Waals surface area contributed by atoms with Gasteiger partial charge in [-0.3, -0.25) is 0 Å². The minimum atomic E-state index is 0.208. The predicted molar refractivity (Wildman–Crippen MR) is 189 cm³/mol. The zero-order chi connectivity index (χ0) is 29.4. The van der Waals surface area contributed by atoms with E-state index >= 15 is 0 Å². The van der Waals surface area contributed by atoms with Crippen LogP contribution in [0.3, 0.4) is 0 Å². The first-order valence-electron chi connectivity index (χ1n) is 15.5. The Balaban J connectivity index is 1.30. The van der Waals surface area contributed by atoms with Gasteiger partial charge in [0.1, 0.15) is 0 Å². The van der Waals surface area contributed by atoms with Gasteiger partial charge in [-0.2, -0.15) is 0 Å². The molecule has 1 nitrogen and oxygen atoms in total. The second-order valence-corrected chi connectivity index (χ2v) is 12.1. The maximum absolute atomic E-state index is 4.83. The molecular formula is C43H30N-. The molecule has 2 aliphatic rings. The summed E-state index contributed by atoms with van der Waals surface area (Å²) in [5.41, 5.74) is 14.0. The highest BCUT2D eigenvalue weighted by molar-refractivity contribution is 6.26. The Bertz CT molecular complexity index is 2310. The Kier molecular flexibility index (Phi) is 5.46. The molecule has 9 rings (SSSR count). The summed E-state index contributed by atoms with van der Waals surface area (Å²) in [5, 5.41) is 12.6. The van der Waals surface area contributed by atoms with Gasteiger partial charge in [-0.1, -0.05) is 146 Å². The van der Waals surface area contributed by atoms with Crippen molar-refractivity contribution in [3.63, 3.8) is 0 Å². The van der Waals surface area contributed by atoms with Crippen molar-refractivity contribution in [2.24, 2.45) is 0 Å². The Morgan fingerprint density at radius 1 is 0.477 bits per heavy atom. The summed E-state index contributed by atoms with van der Waals surface area (Å²) in [6, 6.07) is 45.3. The maximum atomic E-state index is 4.83. The number of benzene rings is 7. The smallest absolute Gasteiger partial charge is 0.00200 e. The van der Waals surface area contributed by atoms with Crippen molar-refractivity contribution in [1.29, 1.82) is 0 Å². The summed E-state index contributed by atoms with van der Waals surface area (Å²) >= 11 is 0. The molecule has 0 saturated heterocycles. The van der Waals surface area contributed by atoms with E-state index in [0.29, 0.717) is 0 Å². The van der Waals surface area contributed by atoms with E-state index in [9.17, 15) is 0 Å². The fourth-order valence-electron chi connectivity index (χ4n) is 7.63. The zero-order valence-corrected chi connectivity index (χ0v) is 24.8. The van der Waals surface area contributed by atoms with Crippen LogP contribution in [0.15, 0.2) is 140 Å². The van der Waals surface area contributed by atoms with Crippen LogP contribution in [0.5, 0.6) is 0 Å². The van der Waals surface area contributed by atoms with Gasteiger partial charge in [-0.05, 0) is 94.9 Å². The number of hydrogen-bond donors (Lipinski definition) is 0. The molecule has 44 heavy (non-hydrogen) atoms. The molecule has 0 amide bonds. The van der Waals surface area contributed by atoms with Crippen LogP contribution in [0.4, 0.5) is 0 Å². The molecule has 0 bridgehead atoms. The summed E-state index contributed by atoms with van der Waals surface area (Å²) in [7, 11) is 0. The van der Waals surface area contributed by atoms with Crippen LogP contribution in [0.1, 0.15) is 18.1 Å². The number of allylic oxidation sites excluding steroid dienone is 2. The van der Waals surface area contributed by atoms with E-state index in [0.717, 1.165) is 11.3 Å². The largest absolute Gasteiger partial charge is 0.678 e. The van der Waals surface area contributed by atoms with E-state index in [1.54, 1.807) is 0 Å². The molecule has 0 N–H and O–H groups in total. The van der Waals surface area contributed by atoms with Gasteiger partial charge in [-0.25, -0.2) is 0 Å². The van der Waals surface area contributed by atoms with Crippen molar-refractivity contribution < 1.29 is 0 Å². The Hall–Kier alpha value is -5.40. The average Bonchev–Trinajstić information content (AvgIpc) is 3.40. The van der Waals surface area contributed by atoms with Crippen LogP contribution < -0.4 is 0 Å². The lowest BCUT2D eigenvalue weighted by Gasteiger charge is -2.33. The van der Waals surface area contributed by atoms with Crippen LogP contribution in [0.25, 0.3) is 87.8 Å². The number of aryl methyl sites for hydroxylation is 1. The lowest BCUT2D eigenvalue weighted by Crippen LogP contribution is -2.00. The van der Waals surface area contributed by atoms with Crippen LogP contribution in [0.2, 0.25) is 0 Å². The van der Waals surface area contributed by atoms with Gasteiger partial charge < -0.3 is 5.32 Å². The molecule has 1 aliphatic carbocycles. The monoisotopic (exact) mass is 560 g/mol. The second kappa shape index (κ2) is 9.56. The van der Waals surface area contributed by atoms with E-state index in [2.05, 4.69) is 153 Å². The van der Waals surface area contributed by atoms with Gasteiger partial charge in [0.2, 0.25) is 0 Å². The van der Waals surface area contributed by atoms with Gasteiger partial charge in [0.25, 0.3) is 0 Å². The lowest BCUT2D eigenvalue weighted by molar-refractivity contribution is 1.05. The van der Waals surface area contributed by atoms with Gasteiger partial charge in [-0.15, -0.1) is 11.7 Å². The third kappa shape index (κ3) is 3.59. The molecule has 7 aromatic carbocycles. The number of rotatable bonds is 3. The average molecular weight is 561 g/mol. The lowest BCUT2D eigenvalue weighted by atomic mass is 9.84. The third-order valence-electron chi connectivity index (χ3n) is 9.53. The first-order valence-corrected chi connectivity index (χ1v) is 15.5. The van der Waals surface area contributed by atoms with Crippen LogP contribution >= 0.6 is 0 Å². The number of hydrogen-bond acceptors (Lipinski definition) is 0. The highest BCUT2D eigenvalue weighted by Gasteiger charge is 2.25. The summed E-state index contributed by atoms with van der Waals surface area (Å²) in [5.74, 6) is 0. The van der Waals surface area contributed by atoms with Crippen molar-refractivity contribution in [3.8, 4) is 44.5 Å². The third-order valence-corrected chi connectivity index (χ3v) is 9.53. The van der Waals surface area contributed by atoms with Crippen LogP contribution in [-0.2, 0) is 0 Å². The molecule has 0 aromatic heterocycles. The molecular weight excluding hydrogens is 530 g/mol. The Morgan fingerprint density at radius 3 is 1.77 bits per heavy atom. The first kappa shape index (κ1) is 25.1. The molecule has 1 unspecified atom stereocenters. The minimum absolute atomic E-state index is 0.208. The molecule has 1 heteroatoms. The maximum Gasteiger partial charge on any atom is -0.00200 e. The van der Waals surface area contributed by atoms with E-state index in [4.69, 9.17) is 5.32 Å². The van der Waals surface area contributed by atoms with E-state index < -0.39 is 0 Å². The highest BCUT2D eigenvalue weighted by atomic mass is 14.9. The highest BCUT2D eigenvalue weighted by Crippen LogP contribution is 2.52. The van der Waals surface area contributed by atoms with E-state index in [1.165, 1.54) is 82.4 Å². The fourth-order valence-corrected chi connectivity index (χ4v) is 7.63. The standard InChI is InChI=1S/C43H30N/c1-26-10-7-16-30-36-24-25-37(35-17-9-18-38(40(26)30)43(35)36)42-33-14-5-3-12-31(33)41(32-13-4-6-15-34(32)42)29-22-20-28(21-23-29)39-19-8-11-27(2)44-39/h3-25,27H,1-2H3/q-1. The fraction of sp³-hybridized carbons (Fsp3) is 0.0698. The van der Waals surface area contributed by atoms with E-state index in [1.807, 2.05) is 0 Å². The van der Waals surface area contributed by atoms with Crippen molar-refractivity contribution in [1.82, 2.24) is 0 Å². The summed E-state index contributed by atoms with van der Waals surface area (Å²) in [6.45, 7) is 4.36. The zero-order valence-electron chi connectivity index (χ0n) is 24.8. The quantitative estimate of drug-likeness (QED) is 0.191. The SMILES string of the molecule is Cc1cccc2c1-c1cccc3c(-c4c5ccccc5c(-c5ccc(C6=CC=CC(C)[N-]6)cc5)c5ccccc45)ccc-2c13. The van der Waals surface area contributed by atoms with Crippen molar-refractivity contribution in [2.75, 3.05) is 0 Å². The van der Waals surface area contributed by atoms with Crippen LogP contribution in [-0.4, -0.2) is 6.04 Å². The Labute approximate surface area is 257 Å². The van der Waals surface area contributed by atoms with Gasteiger partial charge in [0.05, 0.1) is 0 Å². The molecule has 1 heterocycles. The van der Waals surface area contributed by atoms with Crippen molar-refractivity contribution in [3.05, 3.63) is 156 Å². The summed E-state index contributed by atoms with van der Waals surface area (Å²) in [4.78, 5) is 0.